The summed E-state index contributed by atoms with van der Waals surface area (Å²) in [6.07, 6.45) is 3.60. The first-order chi connectivity index (χ1) is 15.8. The molecule has 8 nitrogen and oxygen atoms in total. The number of nitrogens with zero attached hydrogens (tertiary/aromatic N) is 1. The van der Waals surface area contributed by atoms with E-state index in [1.807, 2.05) is 6.07 Å². The standard InChI is InChI=1S/C24H21ClN2O6/c1-11-7-14-18(13(8-17(28)27-14)12-5-4-6-26-10-12)22(29)24(11)23(30)19-15(31-2)9-16(32-3)20(25)21(19)33-24/h4-6,9-11,13H,7-8H2,1-3H3,(H,27,28)/t11-,13?,24+/m1/s1. The number of ketones is 2. The SMILES string of the molecule is COc1cc(OC)c2c(c1Cl)O[C@@]1(C(=O)C3=C(C[C@H]1C)NC(=O)CC3c1cccnc1)C2=O. The smallest absolute Gasteiger partial charge is 0.236 e. The molecule has 0 fully saturated rings. The fraction of sp³-hybridized carbons (Fsp3) is 0.333. The van der Waals surface area contributed by atoms with E-state index in [9.17, 15) is 14.4 Å². The summed E-state index contributed by atoms with van der Waals surface area (Å²) >= 11 is 6.48. The average Bonchev–Trinajstić information content (AvgIpc) is 3.13. The van der Waals surface area contributed by atoms with Crippen LogP contribution in [0.4, 0.5) is 0 Å². The summed E-state index contributed by atoms with van der Waals surface area (Å²) in [6, 6.07) is 5.07. The quantitative estimate of drug-likeness (QED) is 0.689. The molecular formula is C24H21ClN2O6. The topological polar surface area (TPSA) is 104 Å². The van der Waals surface area contributed by atoms with Crippen molar-refractivity contribution in [2.24, 2.45) is 5.92 Å². The summed E-state index contributed by atoms with van der Waals surface area (Å²) < 4.78 is 16.9. The van der Waals surface area contributed by atoms with E-state index in [0.29, 0.717) is 11.3 Å². The summed E-state index contributed by atoms with van der Waals surface area (Å²) in [6.45, 7) is 1.75. The molecule has 2 aliphatic heterocycles. The fourth-order valence-corrected chi connectivity index (χ4v) is 5.32. The van der Waals surface area contributed by atoms with Crippen molar-refractivity contribution in [3.8, 4) is 17.2 Å². The van der Waals surface area contributed by atoms with Crippen molar-refractivity contribution in [2.75, 3.05) is 14.2 Å². The van der Waals surface area contributed by atoms with Gasteiger partial charge < -0.3 is 19.5 Å². The van der Waals surface area contributed by atoms with E-state index < -0.39 is 29.0 Å². The Hall–Kier alpha value is -3.39. The van der Waals surface area contributed by atoms with Crippen LogP contribution in [0.25, 0.3) is 0 Å². The lowest BCUT2D eigenvalue weighted by atomic mass is 9.66. The van der Waals surface area contributed by atoms with E-state index in [1.54, 1.807) is 25.4 Å². The predicted octanol–water partition coefficient (Wildman–Crippen LogP) is 3.23. The van der Waals surface area contributed by atoms with Gasteiger partial charge in [-0.2, -0.15) is 0 Å². The highest BCUT2D eigenvalue weighted by molar-refractivity contribution is 6.36. The summed E-state index contributed by atoms with van der Waals surface area (Å²) in [7, 11) is 2.86. The zero-order valence-corrected chi connectivity index (χ0v) is 19.0. The monoisotopic (exact) mass is 468 g/mol. The first-order valence-electron chi connectivity index (χ1n) is 10.5. The third-order valence-corrected chi connectivity index (χ3v) is 7.00. The van der Waals surface area contributed by atoms with Gasteiger partial charge in [-0.1, -0.05) is 24.6 Å². The molecule has 2 aromatic rings. The zero-order valence-electron chi connectivity index (χ0n) is 18.2. The maximum absolute atomic E-state index is 14.1. The number of ether oxygens (including phenoxy) is 3. The van der Waals surface area contributed by atoms with Crippen LogP contribution in [-0.2, 0) is 9.59 Å². The number of methoxy groups -OCH3 is 2. The van der Waals surface area contributed by atoms with Gasteiger partial charge in [0.1, 0.15) is 22.1 Å². The Kier molecular flexibility index (Phi) is 4.93. The normalized spacial score (nSPS) is 26.0. The molecule has 33 heavy (non-hydrogen) atoms. The lowest BCUT2D eigenvalue weighted by Crippen LogP contribution is -2.59. The van der Waals surface area contributed by atoms with Crippen molar-refractivity contribution >= 4 is 29.1 Å². The molecule has 0 radical (unpaired) electrons. The highest BCUT2D eigenvalue weighted by Gasteiger charge is 2.63. The number of rotatable bonds is 3. The van der Waals surface area contributed by atoms with Gasteiger partial charge in [-0.25, -0.2) is 0 Å². The number of halogens is 1. The van der Waals surface area contributed by atoms with E-state index in [2.05, 4.69) is 10.3 Å². The number of carbonyl (C=O) groups excluding carboxylic acids is 3. The van der Waals surface area contributed by atoms with Crippen LogP contribution in [0.15, 0.2) is 41.9 Å². The maximum Gasteiger partial charge on any atom is 0.236 e. The van der Waals surface area contributed by atoms with Gasteiger partial charge in [0.25, 0.3) is 0 Å². The summed E-state index contributed by atoms with van der Waals surface area (Å²) in [5.74, 6) is -1.72. The maximum atomic E-state index is 14.1. The van der Waals surface area contributed by atoms with Crippen molar-refractivity contribution in [3.05, 3.63) is 58.0 Å². The lowest BCUT2D eigenvalue weighted by molar-refractivity contribution is -0.131. The number of fused-ring (bicyclic) bond motifs is 1. The second-order valence-corrected chi connectivity index (χ2v) is 8.76. The Labute approximate surface area is 194 Å². The molecule has 1 amide bonds. The molecule has 1 unspecified atom stereocenters. The van der Waals surface area contributed by atoms with Gasteiger partial charge in [0.05, 0.1) is 14.2 Å². The Morgan fingerprint density at radius 3 is 2.58 bits per heavy atom. The molecule has 170 valence electrons. The molecule has 5 rings (SSSR count). The zero-order chi connectivity index (χ0) is 23.5. The number of hydrogen-bond donors (Lipinski definition) is 1. The molecule has 3 aliphatic rings. The van der Waals surface area contributed by atoms with Crippen LogP contribution in [0.5, 0.6) is 17.2 Å². The van der Waals surface area contributed by atoms with Gasteiger partial charge in [-0.05, 0) is 18.1 Å². The molecule has 1 aromatic carbocycles. The van der Waals surface area contributed by atoms with Gasteiger partial charge in [-0.3, -0.25) is 19.4 Å². The predicted molar refractivity (Wildman–Crippen MR) is 118 cm³/mol. The Balaban J connectivity index is 1.68. The third kappa shape index (κ3) is 2.90. The molecule has 9 heteroatoms. The van der Waals surface area contributed by atoms with Gasteiger partial charge in [0.15, 0.2) is 5.75 Å². The number of carbonyl (C=O) groups is 3. The van der Waals surface area contributed by atoms with Crippen molar-refractivity contribution < 1.29 is 28.6 Å². The Morgan fingerprint density at radius 2 is 1.91 bits per heavy atom. The number of pyridine rings is 1. The van der Waals surface area contributed by atoms with Gasteiger partial charge >= 0.3 is 0 Å². The van der Waals surface area contributed by atoms with Crippen LogP contribution >= 0.6 is 11.6 Å². The molecule has 0 saturated heterocycles. The summed E-state index contributed by atoms with van der Waals surface area (Å²) in [5.41, 5.74) is -0.0916. The number of amides is 1. The van der Waals surface area contributed by atoms with Crippen LogP contribution in [0.2, 0.25) is 5.02 Å². The van der Waals surface area contributed by atoms with E-state index in [4.69, 9.17) is 25.8 Å². The molecule has 3 atom stereocenters. The van der Waals surface area contributed by atoms with E-state index in [-0.39, 0.29) is 46.6 Å². The number of aromatic nitrogens is 1. The Bertz CT molecular complexity index is 1240. The molecule has 0 bridgehead atoms. The van der Waals surface area contributed by atoms with Crippen molar-refractivity contribution in [2.45, 2.75) is 31.3 Å². The van der Waals surface area contributed by atoms with E-state index in [1.165, 1.54) is 20.3 Å². The lowest BCUT2D eigenvalue weighted by Gasteiger charge is -2.41. The number of Topliss-reactive ketones (excluding diaryl/α,β-unsaturated/α-hetero) is 2. The van der Waals surface area contributed by atoms with Gasteiger partial charge in [-0.15, -0.1) is 0 Å². The van der Waals surface area contributed by atoms with Crippen molar-refractivity contribution in [1.29, 1.82) is 0 Å². The molecule has 1 aromatic heterocycles. The van der Waals surface area contributed by atoms with Crippen LogP contribution in [0, 0.1) is 5.92 Å². The minimum Gasteiger partial charge on any atom is -0.496 e. The second-order valence-electron chi connectivity index (χ2n) is 8.38. The minimum atomic E-state index is -1.81. The number of allylic oxidation sites excluding steroid dienone is 1. The molecule has 1 spiro atoms. The molecular weight excluding hydrogens is 448 g/mol. The number of benzene rings is 1. The largest absolute Gasteiger partial charge is 0.496 e. The average molecular weight is 469 g/mol. The van der Waals surface area contributed by atoms with Crippen LogP contribution < -0.4 is 19.5 Å². The Morgan fingerprint density at radius 1 is 1.15 bits per heavy atom. The van der Waals surface area contributed by atoms with Crippen molar-refractivity contribution in [1.82, 2.24) is 10.3 Å². The summed E-state index contributed by atoms with van der Waals surface area (Å²) in [5, 5.41) is 2.93. The first kappa shape index (κ1) is 21.5. The minimum absolute atomic E-state index is 0.0692. The molecule has 1 N–H and O–H groups in total. The molecule has 3 heterocycles. The van der Waals surface area contributed by atoms with Crippen molar-refractivity contribution in [3.63, 3.8) is 0 Å². The highest BCUT2D eigenvalue weighted by atomic mass is 35.5. The molecule has 1 aliphatic carbocycles. The number of hydrogen-bond acceptors (Lipinski definition) is 7. The number of nitrogens with one attached hydrogen (secondary N) is 1. The van der Waals surface area contributed by atoms with E-state index >= 15 is 0 Å². The van der Waals surface area contributed by atoms with Gasteiger partial charge in [0.2, 0.25) is 23.1 Å². The summed E-state index contributed by atoms with van der Waals surface area (Å²) in [4.78, 5) is 44.6. The van der Waals surface area contributed by atoms with Gasteiger partial charge in [0, 0.05) is 48.0 Å². The fourth-order valence-electron chi connectivity index (χ4n) is 5.06. The van der Waals surface area contributed by atoms with Crippen LogP contribution in [0.1, 0.15) is 41.6 Å². The second kappa shape index (κ2) is 7.59. The highest BCUT2D eigenvalue weighted by Crippen LogP contribution is 2.55. The molecule has 0 saturated carbocycles. The van der Waals surface area contributed by atoms with Crippen LogP contribution in [0.3, 0.4) is 0 Å². The third-order valence-electron chi connectivity index (χ3n) is 6.65. The first-order valence-corrected chi connectivity index (χ1v) is 10.9. The van der Waals surface area contributed by atoms with E-state index in [0.717, 1.165) is 5.56 Å². The van der Waals surface area contributed by atoms with Crippen LogP contribution in [-0.4, -0.2) is 42.3 Å².